The Kier molecular flexibility index (Phi) is 3.24. The van der Waals surface area contributed by atoms with E-state index in [4.69, 9.17) is 0 Å². The van der Waals surface area contributed by atoms with Gasteiger partial charge in [-0.25, -0.2) is 5.10 Å². The van der Waals surface area contributed by atoms with Gasteiger partial charge in [0.05, 0.1) is 17.5 Å². The molecule has 0 saturated carbocycles. The van der Waals surface area contributed by atoms with Crippen LogP contribution in [0.1, 0.15) is 20.3 Å². The molecule has 78 valence electrons. The summed E-state index contributed by atoms with van der Waals surface area (Å²) < 4.78 is 0. The van der Waals surface area contributed by atoms with Crippen molar-refractivity contribution in [2.45, 2.75) is 25.9 Å². The zero-order chi connectivity index (χ0) is 10.6. The summed E-state index contributed by atoms with van der Waals surface area (Å²) in [7, 11) is 0. The third kappa shape index (κ3) is 3.18. The van der Waals surface area contributed by atoms with Crippen molar-refractivity contribution in [1.82, 2.24) is 10.2 Å². The van der Waals surface area contributed by atoms with E-state index in [9.17, 15) is 9.90 Å². The Morgan fingerprint density at radius 1 is 1.71 bits per heavy atom. The number of aromatic nitrogens is 2. The van der Waals surface area contributed by atoms with E-state index in [1.165, 1.54) is 12.3 Å². The fourth-order valence-corrected chi connectivity index (χ4v) is 0.890. The van der Waals surface area contributed by atoms with Gasteiger partial charge < -0.3 is 10.4 Å². The molecule has 3 N–H and O–H groups in total. The largest absolute Gasteiger partial charge is 0.388 e. The van der Waals surface area contributed by atoms with Gasteiger partial charge in [-0.1, -0.05) is 6.92 Å². The molecular formula is C9H15N3O2. The highest BCUT2D eigenvalue weighted by Crippen LogP contribution is 2.09. The third-order valence-electron chi connectivity index (χ3n) is 2.10. The summed E-state index contributed by atoms with van der Waals surface area (Å²) >= 11 is 0. The van der Waals surface area contributed by atoms with Crippen molar-refractivity contribution in [2.24, 2.45) is 0 Å². The number of hydrogen-bond acceptors (Lipinski definition) is 4. The Labute approximate surface area is 82.2 Å². The van der Waals surface area contributed by atoms with Crippen LogP contribution < -0.4 is 10.9 Å². The molecule has 0 aromatic carbocycles. The second-order valence-corrected chi connectivity index (χ2v) is 3.54. The third-order valence-corrected chi connectivity index (χ3v) is 2.10. The first-order valence-corrected chi connectivity index (χ1v) is 4.54. The molecule has 1 aromatic rings. The van der Waals surface area contributed by atoms with E-state index in [1.54, 1.807) is 6.92 Å². The predicted octanol–water partition coefficient (Wildman–Crippen LogP) is 0.343. The van der Waals surface area contributed by atoms with Gasteiger partial charge in [0, 0.05) is 12.6 Å². The van der Waals surface area contributed by atoms with Gasteiger partial charge >= 0.3 is 0 Å². The van der Waals surface area contributed by atoms with Crippen LogP contribution in [-0.2, 0) is 0 Å². The highest BCUT2D eigenvalue weighted by molar-refractivity contribution is 5.38. The lowest BCUT2D eigenvalue weighted by Crippen LogP contribution is -2.32. The topological polar surface area (TPSA) is 78.0 Å². The first kappa shape index (κ1) is 10.7. The summed E-state index contributed by atoms with van der Waals surface area (Å²) in [6, 6.07) is 1.40. The number of hydrogen-bond donors (Lipinski definition) is 3. The number of nitrogens with one attached hydrogen (secondary N) is 2. The zero-order valence-electron chi connectivity index (χ0n) is 8.37. The molecule has 0 radical (unpaired) electrons. The smallest absolute Gasteiger partial charge is 0.266 e. The maximum absolute atomic E-state index is 10.9. The maximum atomic E-state index is 10.9. The van der Waals surface area contributed by atoms with Crippen molar-refractivity contribution >= 4 is 5.69 Å². The van der Waals surface area contributed by atoms with Crippen molar-refractivity contribution in [2.75, 3.05) is 11.9 Å². The van der Waals surface area contributed by atoms with Gasteiger partial charge in [0.15, 0.2) is 0 Å². The highest BCUT2D eigenvalue weighted by atomic mass is 16.3. The lowest BCUT2D eigenvalue weighted by molar-refractivity contribution is 0.0697. The molecule has 1 heterocycles. The molecule has 1 unspecified atom stereocenters. The minimum atomic E-state index is -0.761. The van der Waals surface area contributed by atoms with Crippen molar-refractivity contribution in [3.8, 4) is 0 Å². The fourth-order valence-electron chi connectivity index (χ4n) is 0.890. The molecule has 0 aliphatic heterocycles. The average Bonchev–Trinajstić information content (AvgIpc) is 2.15. The van der Waals surface area contributed by atoms with Crippen molar-refractivity contribution in [1.29, 1.82) is 0 Å². The maximum Gasteiger partial charge on any atom is 0.266 e. The van der Waals surface area contributed by atoms with E-state index in [1.807, 2.05) is 6.92 Å². The zero-order valence-corrected chi connectivity index (χ0v) is 8.37. The molecule has 0 bridgehead atoms. The second-order valence-electron chi connectivity index (χ2n) is 3.54. The molecule has 0 saturated heterocycles. The van der Waals surface area contributed by atoms with E-state index in [0.717, 1.165) is 0 Å². The van der Waals surface area contributed by atoms with Crippen molar-refractivity contribution in [3.05, 3.63) is 22.6 Å². The second kappa shape index (κ2) is 4.23. The van der Waals surface area contributed by atoms with Crippen LogP contribution in [-0.4, -0.2) is 27.4 Å². The van der Waals surface area contributed by atoms with Gasteiger partial charge in [-0.05, 0) is 13.3 Å². The summed E-state index contributed by atoms with van der Waals surface area (Å²) in [6.45, 7) is 4.03. The molecule has 0 aliphatic carbocycles. The van der Waals surface area contributed by atoms with Gasteiger partial charge in [-0.15, -0.1) is 0 Å². The lowest BCUT2D eigenvalue weighted by atomic mass is 10.0. The van der Waals surface area contributed by atoms with Crippen molar-refractivity contribution in [3.63, 3.8) is 0 Å². The summed E-state index contributed by atoms with van der Waals surface area (Å²) in [5.41, 5.74) is -0.406. The van der Waals surface area contributed by atoms with Crippen LogP contribution >= 0.6 is 0 Å². The first-order valence-electron chi connectivity index (χ1n) is 4.54. The quantitative estimate of drug-likeness (QED) is 0.650. The standard InChI is InChI=1S/C9H15N3O2/c1-3-9(2,14)6-10-7-4-8(13)12-11-5-7/h4-5,14H,3,6H2,1-2H3,(H2,10,12,13). The molecule has 0 amide bonds. The van der Waals surface area contributed by atoms with Crippen LogP contribution in [0.15, 0.2) is 17.1 Å². The predicted molar refractivity (Wildman–Crippen MR) is 54.3 cm³/mol. The summed E-state index contributed by atoms with van der Waals surface area (Å²) in [6.07, 6.45) is 2.16. The van der Waals surface area contributed by atoms with E-state index in [0.29, 0.717) is 18.7 Å². The van der Waals surface area contributed by atoms with E-state index < -0.39 is 5.60 Å². The molecule has 1 aromatic heterocycles. The number of nitrogens with zero attached hydrogens (tertiary/aromatic N) is 1. The minimum absolute atomic E-state index is 0.258. The Bertz CT molecular complexity index is 346. The SMILES string of the molecule is CCC(C)(O)CNc1cn[nH]c(=O)c1. The van der Waals surface area contributed by atoms with Crippen molar-refractivity contribution < 1.29 is 5.11 Å². The normalized spacial score (nSPS) is 14.8. The first-order chi connectivity index (χ1) is 6.53. The van der Waals surface area contributed by atoms with Gasteiger partial charge in [-0.3, -0.25) is 4.79 Å². The van der Waals surface area contributed by atoms with E-state index in [2.05, 4.69) is 15.5 Å². The Balaban J connectivity index is 2.58. The van der Waals surface area contributed by atoms with Crippen LogP contribution in [0.3, 0.4) is 0 Å². The fraction of sp³-hybridized carbons (Fsp3) is 0.556. The lowest BCUT2D eigenvalue weighted by Gasteiger charge is -2.21. The Morgan fingerprint density at radius 3 is 3.00 bits per heavy atom. The molecule has 1 atom stereocenters. The van der Waals surface area contributed by atoms with Gasteiger partial charge in [-0.2, -0.15) is 5.10 Å². The van der Waals surface area contributed by atoms with Crippen LogP contribution in [0.5, 0.6) is 0 Å². The molecule has 14 heavy (non-hydrogen) atoms. The molecule has 5 heteroatoms. The number of aliphatic hydroxyl groups is 1. The molecular weight excluding hydrogens is 182 g/mol. The van der Waals surface area contributed by atoms with Crippen LogP contribution in [0, 0.1) is 0 Å². The molecule has 0 aliphatic rings. The molecule has 1 rings (SSSR count). The molecule has 5 nitrogen and oxygen atoms in total. The monoisotopic (exact) mass is 197 g/mol. The van der Waals surface area contributed by atoms with Gasteiger partial charge in [0.2, 0.25) is 0 Å². The van der Waals surface area contributed by atoms with Crippen LogP contribution in [0.25, 0.3) is 0 Å². The van der Waals surface area contributed by atoms with E-state index in [-0.39, 0.29) is 5.56 Å². The Morgan fingerprint density at radius 2 is 2.43 bits per heavy atom. The minimum Gasteiger partial charge on any atom is -0.388 e. The van der Waals surface area contributed by atoms with E-state index >= 15 is 0 Å². The van der Waals surface area contributed by atoms with Gasteiger partial charge in [0.1, 0.15) is 0 Å². The summed E-state index contributed by atoms with van der Waals surface area (Å²) in [5.74, 6) is 0. The summed E-state index contributed by atoms with van der Waals surface area (Å²) in [4.78, 5) is 10.9. The number of anilines is 1. The van der Waals surface area contributed by atoms with Crippen LogP contribution in [0.4, 0.5) is 5.69 Å². The average molecular weight is 197 g/mol. The summed E-state index contributed by atoms with van der Waals surface area (Å²) in [5, 5.41) is 18.5. The Hall–Kier alpha value is -1.36. The number of aromatic amines is 1. The number of H-pyrrole nitrogens is 1. The number of rotatable bonds is 4. The van der Waals surface area contributed by atoms with Gasteiger partial charge in [0.25, 0.3) is 5.56 Å². The molecule has 0 spiro atoms. The van der Waals surface area contributed by atoms with Crippen LogP contribution in [0.2, 0.25) is 0 Å². The molecule has 0 fully saturated rings. The highest BCUT2D eigenvalue weighted by Gasteiger charge is 2.16.